The number of sulfonamides is 1. The van der Waals surface area contributed by atoms with Crippen molar-refractivity contribution < 1.29 is 8.42 Å². The molecule has 0 atom stereocenters. The summed E-state index contributed by atoms with van der Waals surface area (Å²) in [5.41, 5.74) is 0.701. The van der Waals surface area contributed by atoms with E-state index in [0.717, 1.165) is 0 Å². The highest BCUT2D eigenvalue weighted by molar-refractivity contribution is 9.10. The van der Waals surface area contributed by atoms with Crippen molar-refractivity contribution in [3.8, 4) is 0 Å². The highest BCUT2D eigenvalue weighted by Gasteiger charge is 2.06. The van der Waals surface area contributed by atoms with Gasteiger partial charge in [-0.1, -0.05) is 22.0 Å². The van der Waals surface area contributed by atoms with Gasteiger partial charge in [0.15, 0.2) is 0 Å². The molecule has 1 aromatic rings. The Morgan fingerprint density at radius 1 is 1.46 bits per heavy atom. The summed E-state index contributed by atoms with van der Waals surface area (Å²) in [5.74, 6) is 0. The number of rotatable bonds is 4. The molecule has 1 heterocycles. The van der Waals surface area contributed by atoms with Crippen molar-refractivity contribution in [2.75, 3.05) is 4.66 Å². The molecule has 0 radical (unpaired) electrons. The summed E-state index contributed by atoms with van der Waals surface area (Å²) in [6.45, 7) is 0.231. The molecule has 1 aromatic heterocycles. The molecule has 0 aromatic carbocycles. The van der Waals surface area contributed by atoms with Crippen LogP contribution < -0.4 is 4.72 Å². The molecule has 0 aliphatic heterocycles. The van der Waals surface area contributed by atoms with E-state index in [0.29, 0.717) is 5.69 Å². The van der Waals surface area contributed by atoms with Gasteiger partial charge in [-0.2, -0.15) is 0 Å². The monoisotopic (exact) mass is 264 g/mol. The van der Waals surface area contributed by atoms with Gasteiger partial charge in [0.25, 0.3) is 0 Å². The minimum absolute atomic E-state index is 0.0904. The fraction of sp³-hybridized carbons (Fsp3) is 0.286. The van der Waals surface area contributed by atoms with Gasteiger partial charge < -0.3 is 0 Å². The summed E-state index contributed by atoms with van der Waals surface area (Å²) < 4.78 is 24.3. The number of pyridine rings is 1. The molecule has 0 saturated heterocycles. The van der Waals surface area contributed by atoms with Gasteiger partial charge in [-0.25, -0.2) is 13.1 Å². The van der Waals surface area contributed by atoms with Crippen LogP contribution in [0.5, 0.6) is 0 Å². The lowest BCUT2D eigenvalue weighted by Gasteiger charge is -2.01. The van der Waals surface area contributed by atoms with Gasteiger partial charge in [-0.05, 0) is 12.1 Å². The predicted octanol–water partition coefficient (Wildman–Crippen LogP) is 0.853. The molecule has 72 valence electrons. The molecule has 13 heavy (non-hydrogen) atoms. The first-order chi connectivity index (χ1) is 6.14. The molecule has 0 unspecified atom stereocenters. The molecule has 0 amide bonds. The Morgan fingerprint density at radius 3 is 2.77 bits per heavy atom. The van der Waals surface area contributed by atoms with Crippen molar-refractivity contribution >= 4 is 26.0 Å². The van der Waals surface area contributed by atoms with E-state index in [1.165, 1.54) is 0 Å². The molecule has 4 nitrogen and oxygen atoms in total. The Labute approximate surface area is 85.6 Å². The number of alkyl halides is 1. The van der Waals surface area contributed by atoms with E-state index < -0.39 is 10.0 Å². The first-order valence-corrected chi connectivity index (χ1v) is 6.34. The molecule has 0 aliphatic rings. The molecular weight excluding hydrogens is 256 g/mol. The van der Waals surface area contributed by atoms with Gasteiger partial charge in [-0.15, -0.1) is 0 Å². The van der Waals surface area contributed by atoms with Crippen LogP contribution in [0.1, 0.15) is 5.69 Å². The standard InChI is InChI=1S/C7H9BrN2O2S/c8-6-13(11,12)10-5-7-3-1-2-4-9-7/h1-4,10H,5-6H2. The minimum atomic E-state index is -3.19. The maximum atomic E-state index is 11.0. The average Bonchev–Trinajstić information content (AvgIpc) is 2.17. The number of hydrogen-bond donors (Lipinski definition) is 1. The Kier molecular flexibility index (Phi) is 3.83. The van der Waals surface area contributed by atoms with Crippen LogP contribution in [0.25, 0.3) is 0 Å². The number of nitrogens with one attached hydrogen (secondary N) is 1. The Morgan fingerprint density at radius 2 is 2.23 bits per heavy atom. The predicted molar refractivity (Wildman–Crippen MR) is 53.8 cm³/mol. The minimum Gasteiger partial charge on any atom is -0.260 e. The lowest BCUT2D eigenvalue weighted by atomic mass is 10.4. The molecule has 6 heteroatoms. The summed E-state index contributed by atoms with van der Waals surface area (Å²) in [6.07, 6.45) is 1.62. The lowest BCUT2D eigenvalue weighted by Crippen LogP contribution is -2.24. The second-order valence-corrected chi connectivity index (χ2v) is 5.48. The van der Waals surface area contributed by atoms with E-state index in [1.54, 1.807) is 18.3 Å². The van der Waals surface area contributed by atoms with Crippen LogP contribution in [-0.2, 0) is 16.6 Å². The second-order valence-electron chi connectivity index (χ2n) is 2.37. The largest absolute Gasteiger partial charge is 0.260 e. The summed E-state index contributed by atoms with van der Waals surface area (Å²) in [6, 6.07) is 5.35. The Balaban J connectivity index is 2.54. The SMILES string of the molecule is O=S(=O)(CBr)NCc1ccccn1. The first-order valence-electron chi connectivity index (χ1n) is 3.57. The van der Waals surface area contributed by atoms with Crippen LogP contribution in [-0.4, -0.2) is 18.1 Å². The highest BCUT2D eigenvalue weighted by Crippen LogP contribution is 1.96. The van der Waals surface area contributed by atoms with Crippen LogP contribution in [0.15, 0.2) is 24.4 Å². The zero-order valence-electron chi connectivity index (χ0n) is 6.77. The van der Waals surface area contributed by atoms with Crippen LogP contribution in [0.2, 0.25) is 0 Å². The zero-order chi connectivity index (χ0) is 9.73. The third-order valence-electron chi connectivity index (χ3n) is 1.34. The van der Waals surface area contributed by atoms with Gasteiger partial charge in [0.05, 0.1) is 12.2 Å². The van der Waals surface area contributed by atoms with E-state index in [1.807, 2.05) is 6.07 Å². The molecule has 1 N–H and O–H groups in total. The summed E-state index contributed by atoms with van der Waals surface area (Å²) in [7, 11) is -3.19. The fourth-order valence-electron chi connectivity index (χ4n) is 0.725. The third-order valence-corrected chi connectivity index (χ3v) is 4.02. The summed E-state index contributed by atoms with van der Waals surface area (Å²) in [4.78, 5) is 3.97. The van der Waals surface area contributed by atoms with Crippen molar-refractivity contribution in [1.29, 1.82) is 0 Å². The molecule has 0 bridgehead atoms. The van der Waals surface area contributed by atoms with Crippen LogP contribution in [0.4, 0.5) is 0 Å². The van der Waals surface area contributed by atoms with Crippen molar-refractivity contribution in [3.05, 3.63) is 30.1 Å². The van der Waals surface area contributed by atoms with Crippen molar-refractivity contribution in [1.82, 2.24) is 9.71 Å². The van der Waals surface area contributed by atoms with Gasteiger partial charge in [-0.3, -0.25) is 4.98 Å². The maximum Gasteiger partial charge on any atom is 0.221 e. The Hall–Kier alpha value is -0.460. The average molecular weight is 265 g/mol. The van der Waals surface area contributed by atoms with Crippen LogP contribution in [0, 0.1) is 0 Å². The fourth-order valence-corrected chi connectivity index (χ4v) is 1.66. The molecule has 0 saturated carbocycles. The Bertz CT molecular complexity index is 352. The number of nitrogens with zero attached hydrogens (tertiary/aromatic N) is 1. The number of hydrogen-bond acceptors (Lipinski definition) is 3. The smallest absolute Gasteiger partial charge is 0.221 e. The first kappa shape index (κ1) is 10.6. The van der Waals surface area contributed by atoms with Crippen molar-refractivity contribution in [3.63, 3.8) is 0 Å². The van der Waals surface area contributed by atoms with Crippen LogP contribution in [0.3, 0.4) is 0 Å². The van der Waals surface area contributed by atoms with Crippen LogP contribution >= 0.6 is 15.9 Å². The summed E-state index contributed by atoms with van der Waals surface area (Å²) >= 11 is 2.87. The number of aromatic nitrogens is 1. The topological polar surface area (TPSA) is 59.1 Å². The highest BCUT2D eigenvalue weighted by atomic mass is 79.9. The van der Waals surface area contributed by atoms with Gasteiger partial charge in [0.1, 0.15) is 4.66 Å². The normalized spacial score (nSPS) is 11.5. The quantitative estimate of drug-likeness (QED) is 0.821. The van der Waals surface area contributed by atoms with E-state index in [2.05, 4.69) is 25.6 Å². The zero-order valence-corrected chi connectivity index (χ0v) is 9.18. The third kappa shape index (κ3) is 3.84. The molecule has 0 spiro atoms. The second kappa shape index (κ2) is 4.69. The maximum absolute atomic E-state index is 11.0. The van der Waals surface area contributed by atoms with Gasteiger partial charge >= 0.3 is 0 Å². The molecule has 0 aliphatic carbocycles. The van der Waals surface area contributed by atoms with E-state index in [9.17, 15) is 8.42 Å². The molecule has 0 fully saturated rings. The summed E-state index contributed by atoms with van der Waals surface area (Å²) in [5, 5.41) is 0. The molecular formula is C7H9BrN2O2S. The van der Waals surface area contributed by atoms with Crippen molar-refractivity contribution in [2.24, 2.45) is 0 Å². The lowest BCUT2D eigenvalue weighted by molar-refractivity contribution is 0.586. The van der Waals surface area contributed by atoms with E-state index in [-0.39, 0.29) is 11.2 Å². The van der Waals surface area contributed by atoms with Crippen molar-refractivity contribution in [2.45, 2.75) is 6.54 Å². The molecule has 1 rings (SSSR count). The van der Waals surface area contributed by atoms with E-state index in [4.69, 9.17) is 0 Å². The van der Waals surface area contributed by atoms with Gasteiger partial charge in [0, 0.05) is 6.20 Å². The van der Waals surface area contributed by atoms with E-state index >= 15 is 0 Å². The van der Waals surface area contributed by atoms with Gasteiger partial charge in [0.2, 0.25) is 10.0 Å². The number of halogens is 1.